The molecule has 0 aliphatic rings. The summed E-state index contributed by atoms with van der Waals surface area (Å²) in [5, 5.41) is 27.2. The van der Waals surface area contributed by atoms with Gasteiger partial charge in [-0.25, -0.2) is 0 Å². The number of hydrogen-bond donors (Lipinski definition) is 3. The molecule has 0 rings (SSSR count). The smallest absolute Gasteiger partial charge is 0.180 e. The van der Waals surface area contributed by atoms with Gasteiger partial charge in [0.15, 0.2) is 6.29 Å². The average molecular weight is 178 g/mol. The van der Waals surface area contributed by atoms with Gasteiger partial charge in [0.25, 0.3) is 0 Å². The molecule has 3 N–H and O–H groups in total. The van der Waals surface area contributed by atoms with Gasteiger partial charge in [0.2, 0.25) is 0 Å². The molecule has 12 heavy (non-hydrogen) atoms. The molecule has 3 atom stereocenters. The number of aliphatic hydroxyl groups is 3. The fraction of sp³-hybridized carbons (Fsp3) is 1.00. The van der Waals surface area contributed by atoms with E-state index in [0.717, 1.165) is 0 Å². The molecule has 74 valence electrons. The third-order valence-corrected chi connectivity index (χ3v) is 1.68. The first-order valence-corrected chi connectivity index (χ1v) is 4.27. The summed E-state index contributed by atoms with van der Waals surface area (Å²) in [4.78, 5) is 0. The van der Waals surface area contributed by atoms with E-state index in [1.807, 2.05) is 6.92 Å². The lowest BCUT2D eigenvalue weighted by Crippen LogP contribution is -2.31. The van der Waals surface area contributed by atoms with Crippen molar-refractivity contribution in [3.63, 3.8) is 0 Å². The van der Waals surface area contributed by atoms with Gasteiger partial charge >= 0.3 is 0 Å². The lowest BCUT2D eigenvalue weighted by atomic mass is 10.2. The zero-order chi connectivity index (χ0) is 9.56. The summed E-state index contributed by atoms with van der Waals surface area (Å²) in [6, 6.07) is 0. The zero-order valence-electron chi connectivity index (χ0n) is 7.60. The Labute approximate surface area is 72.8 Å². The number of rotatable bonds is 6. The van der Waals surface area contributed by atoms with E-state index in [0.29, 0.717) is 12.8 Å². The Morgan fingerprint density at radius 3 is 2.08 bits per heavy atom. The van der Waals surface area contributed by atoms with Crippen LogP contribution >= 0.6 is 0 Å². The Morgan fingerprint density at radius 2 is 1.67 bits per heavy atom. The molecule has 0 fully saturated rings. The van der Waals surface area contributed by atoms with Gasteiger partial charge in [-0.1, -0.05) is 13.8 Å². The molecule has 4 nitrogen and oxygen atoms in total. The average Bonchev–Trinajstić information content (AvgIpc) is 2.11. The Balaban J connectivity index is 3.49. The third-order valence-electron chi connectivity index (χ3n) is 1.68. The molecule has 4 heteroatoms. The molecule has 0 aromatic rings. The van der Waals surface area contributed by atoms with Crippen LogP contribution in [0.1, 0.15) is 26.7 Å². The monoisotopic (exact) mass is 178 g/mol. The van der Waals surface area contributed by atoms with Crippen molar-refractivity contribution in [3.05, 3.63) is 0 Å². The van der Waals surface area contributed by atoms with E-state index in [1.165, 1.54) is 0 Å². The largest absolute Gasteiger partial charge is 0.391 e. The predicted octanol–water partition coefficient (Wildman–Crippen LogP) is -0.137. The van der Waals surface area contributed by atoms with E-state index >= 15 is 0 Å². The molecule has 0 saturated heterocycles. The highest BCUT2D eigenvalue weighted by Gasteiger charge is 2.15. The van der Waals surface area contributed by atoms with Crippen LogP contribution in [0.2, 0.25) is 0 Å². The van der Waals surface area contributed by atoms with Gasteiger partial charge in [0, 0.05) is 0 Å². The van der Waals surface area contributed by atoms with Crippen molar-refractivity contribution in [2.45, 2.75) is 45.2 Å². The van der Waals surface area contributed by atoms with E-state index < -0.39 is 18.5 Å². The Morgan fingerprint density at radius 1 is 1.08 bits per heavy atom. The summed E-state index contributed by atoms with van der Waals surface area (Å²) >= 11 is 0. The van der Waals surface area contributed by atoms with Crippen molar-refractivity contribution in [2.24, 2.45) is 0 Å². The SMILES string of the molecule is CCC(O)COC(O)C(O)CC. The summed E-state index contributed by atoms with van der Waals surface area (Å²) in [6.45, 7) is 3.62. The Kier molecular flexibility index (Phi) is 6.28. The highest BCUT2D eigenvalue weighted by molar-refractivity contribution is 4.57. The fourth-order valence-electron chi connectivity index (χ4n) is 0.640. The molecule has 0 aliphatic heterocycles. The minimum absolute atomic E-state index is 0.0642. The van der Waals surface area contributed by atoms with Gasteiger partial charge in [-0.3, -0.25) is 0 Å². The number of aliphatic hydroxyl groups excluding tert-OH is 3. The van der Waals surface area contributed by atoms with Crippen LogP contribution in [-0.2, 0) is 4.74 Å². The highest BCUT2D eigenvalue weighted by Crippen LogP contribution is 2.01. The van der Waals surface area contributed by atoms with Crippen molar-refractivity contribution >= 4 is 0 Å². The minimum Gasteiger partial charge on any atom is -0.391 e. The van der Waals surface area contributed by atoms with E-state index in [9.17, 15) is 0 Å². The molecule has 0 amide bonds. The lowest BCUT2D eigenvalue weighted by molar-refractivity contribution is -0.174. The first-order valence-electron chi connectivity index (χ1n) is 4.27. The summed E-state index contributed by atoms with van der Waals surface area (Å²) < 4.78 is 4.80. The molecule has 0 bridgehead atoms. The maximum absolute atomic E-state index is 9.08. The summed E-state index contributed by atoms with van der Waals surface area (Å²) in [6.07, 6.45) is -1.60. The van der Waals surface area contributed by atoms with E-state index in [1.54, 1.807) is 6.92 Å². The highest BCUT2D eigenvalue weighted by atomic mass is 16.6. The maximum atomic E-state index is 9.08. The molecule has 0 radical (unpaired) electrons. The summed E-state index contributed by atoms with van der Waals surface area (Å²) in [7, 11) is 0. The normalized spacial score (nSPS) is 18.8. The van der Waals surface area contributed by atoms with Crippen LogP contribution in [0, 0.1) is 0 Å². The van der Waals surface area contributed by atoms with Crippen LogP contribution < -0.4 is 0 Å². The molecular formula is C8H18O4. The molecule has 0 aromatic heterocycles. The van der Waals surface area contributed by atoms with Crippen molar-refractivity contribution in [3.8, 4) is 0 Å². The van der Waals surface area contributed by atoms with Crippen LogP contribution in [0.4, 0.5) is 0 Å². The number of hydrogen-bond acceptors (Lipinski definition) is 4. The maximum Gasteiger partial charge on any atom is 0.180 e. The van der Waals surface area contributed by atoms with Gasteiger partial charge < -0.3 is 20.1 Å². The number of ether oxygens (including phenoxy) is 1. The second kappa shape index (κ2) is 6.37. The zero-order valence-corrected chi connectivity index (χ0v) is 7.60. The van der Waals surface area contributed by atoms with Gasteiger partial charge in [-0.15, -0.1) is 0 Å². The lowest BCUT2D eigenvalue weighted by Gasteiger charge is -2.18. The van der Waals surface area contributed by atoms with E-state index in [-0.39, 0.29) is 6.61 Å². The second-order valence-electron chi connectivity index (χ2n) is 2.76. The van der Waals surface area contributed by atoms with E-state index in [2.05, 4.69) is 0 Å². The van der Waals surface area contributed by atoms with Crippen LogP contribution in [-0.4, -0.2) is 40.4 Å². The summed E-state index contributed by atoms with van der Waals surface area (Å²) in [5.74, 6) is 0. The van der Waals surface area contributed by atoms with Gasteiger partial charge in [-0.05, 0) is 12.8 Å². The standard InChI is InChI=1S/C8H18O4/c1-3-6(9)5-12-8(11)7(10)4-2/h6-11H,3-5H2,1-2H3. The van der Waals surface area contributed by atoms with Crippen LogP contribution in [0.15, 0.2) is 0 Å². The quantitative estimate of drug-likeness (QED) is 0.495. The van der Waals surface area contributed by atoms with Crippen molar-refractivity contribution in [1.29, 1.82) is 0 Å². The van der Waals surface area contributed by atoms with Crippen molar-refractivity contribution in [2.75, 3.05) is 6.61 Å². The first-order chi connectivity index (χ1) is 5.61. The molecule has 0 saturated carbocycles. The van der Waals surface area contributed by atoms with Crippen LogP contribution in [0.25, 0.3) is 0 Å². The van der Waals surface area contributed by atoms with Crippen LogP contribution in [0.3, 0.4) is 0 Å². The van der Waals surface area contributed by atoms with Gasteiger partial charge in [0.1, 0.15) is 6.10 Å². The second-order valence-corrected chi connectivity index (χ2v) is 2.76. The van der Waals surface area contributed by atoms with Gasteiger partial charge in [-0.2, -0.15) is 0 Å². The summed E-state index contributed by atoms with van der Waals surface area (Å²) in [5.41, 5.74) is 0. The Bertz CT molecular complexity index is 107. The molecule has 0 heterocycles. The predicted molar refractivity (Wildman–Crippen MR) is 44.6 cm³/mol. The molecule has 0 aromatic carbocycles. The molecular weight excluding hydrogens is 160 g/mol. The fourth-order valence-corrected chi connectivity index (χ4v) is 0.640. The topological polar surface area (TPSA) is 69.9 Å². The van der Waals surface area contributed by atoms with Crippen LogP contribution in [0.5, 0.6) is 0 Å². The molecule has 3 unspecified atom stereocenters. The molecule has 0 aliphatic carbocycles. The first kappa shape index (κ1) is 11.8. The molecule has 0 spiro atoms. The van der Waals surface area contributed by atoms with Crippen molar-refractivity contribution in [1.82, 2.24) is 0 Å². The third kappa shape index (κ3) is 4.66. The minimum atomic E-state index is -1.18. The van der Waals surface area contributed by atoms with Crippen molar-refractivity contribution < 1.29 is 20.1 Å². The van der Waals surface area contributed by atoms with E-state index in [4.69, 9.17) is 20.1 Å². The Hall–Kier alpha value is -0.160. The van der Waals surface area contributed by atoms with Gasteiger partial charge in [0.05, 0.1) is 12.7 Å².